The van der Waals surface area contributed by atoms with Crippen LogP contribution in [-0.4, -0.2) is 17.8 Å². The lowest BCUT2D eigenvalue weighted by Gasteiger charge is -2.23. The molecule has 84 valence electrons. The number of amides is 1. The molecule has 0 bridgehead atoms. The quantitative estimate of drug-likeness (QED) is 0.708. The van der Waals surface area contributed by atoms with Crippen molar-refractivity contribution in [3.63, 3.8) is 0 Å². The second-order valence-corrected chi connectivity index (χ2v) is 5.27. The number of halogens is 1. The van der Waals surface area contributed by atoms with E-state index in [4.69, 9.17) is 11.6 Å². The molecule has 14 heavy (non-hydrogen) atoms. The number of carbonyl (C=O) groups excluding carboxylic acids is 1. The number of nitrogens with one attached hydrogen (secondary N) is 1. The topological polar surface area (TPSA) is 29.1 Å². The molecule has 1 unspecified atom stereocenters. The molecule has 1 N–H and O–H groups in total. The van der Waals surface area contributed by atoms with Crippen LogP contribution in [0, 0.1) is 11.3 Å². The van der Waals surface area contributed by atoms with Gasteiger partial charge in [0.25, 0.3) is 0 Å². The van der Waals surface area contributed by atoms with Crippen molar-refractivity contribution >= 4 is 17.5 Å². The van der Waals surface area contributed by atoms with Crippen LogP contribution >= 0.6 is 11.6 Å². The standard InChI is InChI=1S/C11H22ClNO/c1-6-11(4,5)10(14)13-7-9(12)8(2)3/h8-9H,6-7H2,1-5H3,(H,13,14). The van der Waals surface area contributed by atoms with Crippen molar-refractivity contribution in [1.82, 2.24) is 5.32 Å². The SMILES string of the molecule is CCC(C)(C)C(=O)NCC(Cl)C(C)C. The molecule has 0 aromatic rings. The van der Waals surface area contributed by atoms with Gasteiger partial charge in [0.2, 0.25) is 5.91 Å². The van der Waals surface area contributed by atoms with Gasteiger partial charge in [-0.2, -0.15) is 0 Å². The van der Waals surface area contributed by atoms with Crippen molar-refractivity contribution in [2.45, 2.75) is 46.4 Å². The van der Waals surface area contributed by atoms with E-state index < -0.39 is 0 Å². The fourth-order valence-corrected chi connectivity index (χ4v) is 0.903. The molecule has 2 nitrogen and oxygen atoms in total. The molecule has 0 aromatic carbocycles. The summed E-state index contributed by atoms with van der Waals surface area (Å²) >= 11 is 6.04. The smallest absolute Gasteiger partial charge is 0.225 e. The summed E-state index contributed by atoms with van der Waals surface area (Å²) in [5, 5.41) is 2.90. The third-order valence-corrected chi connectivity index (χ3v) is 3.34. The molecule has 1 amide bonds. The second-order valence-electron chi connectivity index (χ2n) is 4.71. The lowest BCUT2D eigenvalue weighted by Crippen LogP contribution is -2.40. The molecular formula is C11H22ClNO. The monoisotopic (exact) mass is 219 g/mol. The number of alkyl halides is 1. The van der Waals surface area contributed by atoms with E-state index in [-0.39, 0.29) is 16.7 Å². The zero-order chi connectivity index (χ0) is 11.4. The Morgan fingerprint density at radius 2 is 1.93 bits per heavy atom. The van der Waals surface area contributed by atoms with Crippen molar-refractivity contribution in [1.29, 1.82) is 0 Å². The molecule has 0 aromatic heterocycles. The molecule has 0 rings (SSSR count). The third kappa shape index (κ3) is 4.32. The van der Waals surface area contributed by atoms with Gasteiger partial charge in [-0.15, -0.1) is 11.6 Å². The summed E-state index contributed by atoms with van der Waals surface area (Å²) in [6, 6.07) is 0. The molecule has 1 atom stereocenters. The van der Waals surface area contributed by atoms with Crippen molar-refractivity contribution in [2.75, 3.05) is 6.54 Å². The first-order chi connectivity index (χ1) is 6.31. The highest BCUT2D eigenvalue weighted by Gasteiger charge is 2.25. The fraction of sp³-hybridized carbons (Fsp3) is 0.909. The van der Waals surface area contributed by atoms with Gasteiger partial charge in [0, 0.05) is 12.0 Å². The number of carbonyl (C=O) groups is 1. The molecule has 0 spiro atoms. The van der Waals surface area contributed by atoms with Gasteiger partial charge in [0.1, 0.15) is 0 Å². The van der Waals surface area contributed by atoms with Gasteiger partial charge >= 0.3 is 0 Å². The summed E-state index contributed by atoms with van der Waals surface area (Å²) < 4.78 is 0. The fourth-order valence-electron chi connectivity index (χ4n) is 0.826. The van der Waals surface area contributed by atoms with Crippen LogP contribution in [0.4, 0.5) is 0 Å². The summed E-state index contributed by atoms with van der Waals surface area (Å²) in [6.45, 7) is 10.6. The average Bonchev–Trinajstić information content (AvgIpc) is 2.13. The molecule has 3 heteroatoms. The lowest BCUT2D eigenvalue weighted by atomic mass is 9.89. The van der Waals surface area contributed by atoms with Crippen LogP contribution in [0.15, 0.2) is 0 Å². The van der Waals surface area contributed by atoms with Crippen LogP contribution in [0.25, 0.3) is 0 Å². The molecule has 0 aliphatic carbocycles. The van der Waals surface area contributed by atoms with Crippen molar-refractivity contribution in [3.05, 3.63) is 0 Å². The number of hydrogen-bond donors (Lipinski definition) is 1. The van der Waals surface area contributed by atoms with Gasteiger partial charge in [-0.25, -0.2) is 0 Å². The first-order valence-corrected chi connectivity index (χ1v) is 5.67. The number of rotatable bonds is 5. The summed E-state index contributed by atoms with van der Waals surface area (Å²) in [4.78, 5) is 11.7. The molecular weight excluding hydrogens is 198 g/mol. The van der Waals surface area contributed by atoms with Crippen LogP contribution in [0.5, 0.6) is 0 Å². The number of hydrogen-bond acceptors (Lipinski definition) is 1. The summed E-state index contributed by atoms with van der Waals surface area (Å²) in [5.74, 6) is 0.480. The van der Waals surface area contributed by atoms with Gasteiger partial charge in [-0.3, -0.25) is 4.79 Å². The molecule has 0 saturated carbocycles. The summed E-state index contributed by atoms with van der Waals surface area (Å²) in [6.07, 6.45) is 0.841. The largest absolute Gasteiger partial charge is 0.354 e. The average molecular weight is 220 g/mol. The highest BCUT2D eigenvalue weighted by Crippen LogP contribution is 2.19. The predicted octanol–water partition coefficient (Wildman–Crippen LogP) is 2.80. The molecule has 0 aliphatic heterocycles. The van der Waals surface area contributed by atoms with E-state index in [0.29, 0.717) is 12.5 Å². The van der Waals surface area contributed by atoms with Crippen LogP contribution in [0.2, 0.25) is 0 Å². The highest BCUT2D eigenvalue weighted by atomic mass is 35.5. The van der Waals surface area contributed by atoms with Crippen molar-refractivity contribution in [2.24, 2.45) is 11.3 Å². The van der Waals surface area contributed by atoms with Gasteiger partial charge in [-0.1, -0.05) is 34.6 Å². The Balaban J connectivity index is 3.97. The zero-order valence-corrected chi connectivity index (χ0v) is 10.6. The van der Waals surface area contributed by atoms with Gasteiger partial charge in [-0.05, 0) is 12.3 Å². The Morgan fingerprint density at radius 1 is 1.43 bits per heavy atom. The summed E-state index contributed by atoms with van der Waals surface area (Å²) in [5.41, 5.74) is -0.284. The molecule has 0 aliphatic rings. The maximum absolute atomic E-state index is 11.7. The highest BCUT2D eigenvalue weighted by molar-refractivity contribution is 6.21. The van der Waals surface area contributed by atoms with E-state index in [1.54, 1.807) is 0 Å². The first-order valence-electron chi connectivity index (χ1n) is 5.23. The van der Waals surface area contributed by atoms with E-state index in [0.717, 1.165) is 6.42 Å². The molecule has 0 radical (unpaired) electrons. The zero-order valence-electron chi connectivity index (χ0n) is 9.86. The Bertz CT molecular complexity index is 190. The van der Waals surface area contributed by atoms with E-state index in [9.17, 15) is 4.79 Å². The van der Waals surface area contributed by atoms with E-state index in [1.807, 2.05) is 20.8 Å². The Labute approximate surface area is 92.4 Å². The normalized spacial score (nSPS) is 14.2. The van der Waals surface area contributed by atoms with E-state index in [2.05, 4.69) is 19.2 Å². The molecule has 0 saturated heterocycles. The summed E-state index contributed by atoms with van der Waals surface area (Å²) in [7, 11) is 0. The molecule has 0 heterocycles. The maximum Gasteiger partial charge on any atom is 0.225 e. The third-order valence-electron chi connectivity index (χ3n) is 2.68. The van der Waals surface area contributed by atoms with Crippen LogP contribution in [-0.2, 0) is 4.79 Å². The van der Waals surface area contributed by atoms with Crippen LogP contribution in [0.1, 0.15) is 41.0 Å². The van der Waals surface area contributed by atoms with Crippen molar-refractivity contribution < 1.29 is 4.79 Å². The molecule has 0 fully saturated rings. The van der Waals surface area contributed by atoms with Crippen LogP contribution in [0.3, 0.4) is 0 Å². The minimum absolute atomic E-state index is 0.0200. The van der Waals surface area contributed by atoms with Gasteiger partial charge < -0.3 is 5.32 Å². The van der Waals surface area contributed by atoms with E-state index in [1.165, 1.54) is 0 Å². The van der Waals surface area contributed by atoms with Crippen LogP contribution < -0.4 is 5.32 Å². The Hall–Kier alpha value is -0.240. The van der Waals surface area contributed by atoms with E-state index >= 15 is 0 Å². The second kappa shape index (κ2) is 5.59. The Kier molecular flexibility index (Phi) is 5.50. The Morgan fingerprint density at radius 3 is 2.29 bits per heavy atom. The first kappa shape index (κ1) is 13.8. The minimum atomic E-state index is -0.284. The minimum Gasteiger partial charge on any atom is -0.354 e. The van der Waals surface area contributed by atoms with Crippen molar-refractivity contribution in [3.8, 4) is 0 Å². The van der Waals surface area contributed by atoms with Gasteiger partial charge in [0.05, 0.1) is 5.38 Å². The lowest BCUT2D eigenvalue weighted by molar-refractivity contribution is -0.129. The maximum atomic E-state index is 11.7. The van der Waals surface area contributed by atoms with Gasteiger partial charge in [0.15, 0.2) is 0 Å². The predicted molar refractivity (Wildman–Crippen MR) is 61.6 cm³/mol.